The van der Waals surface area contributed by atoms with Crippen LogP contribution < -0.4 is 11.3 Å². The molecule has 3 nitrogen and oxygen atoms in total. The summed E-state index contributed by atoms with van der Waals surface area (Å²) in [4.78, 5) is 2.06. The molecule has 0 bridgehead atoms. The molecule has 0 aliphatic rings. The molecule has 0 saturated heterocycles. The molecule has 5 heteroatoms. The Morgan fingerprint density at radius 1 is 1.47 bits per heavy atom. The molecule has 0 aromatic heterocycles. The third kappa shape index (κ3) is 4.60. The Labute approximate surface area is 107 Å². The van der Waals surface area contributed by atoms with E-state index < -0.39 is 0 Å². The van der Waals surface area contributed by atoms with Crippen LogP contribution >= 0.6 is 11.6 Å². The lowest BCUT2D eigenvalue weighted by molar-refractivity contribution is 0.357. The second-order valence-electron chi connectivity index (χ2n) is 4.36. The first kappa shape index (κ1) is 14.4. The minimum Gasteiger partial charge on any atom is -0.309 e. The second-order valence-corrected chi connectivity index (χ2v) is 4.77. The Balaban J connectivity index is 2.67. The van der Waals surface area contributed by atoms with Crippen molar-refractivity contribution in [3.63, 3.8) is 0 Å². The van der Waals surface area contributed by atoms with Gasteiger partial charge in [-0.15, -0.1) is 0 Å². The van der Waals surface area contributed by atoms with Gasteiger partial charge in [0.1, 0.15) is 5.82 Å². The highest BCUT2D eigenvalue weighted by Gasteiger charge is 2.13. The first-order chi connectivity index (χ1) is 8.04. The molecule has 1 unspecified atom stereocenters. The normalized spacial score (nSPS) is 13.1. The first-order valence-electron chi connectivity index (χ1n) is 5.58. The van der Waals surface area contributed by atoms with E-state index in [4.69, 9.17) is 17.4 Å². The maximum absolute atomic E-state index is 13.6. The van der Waals surface area contributed by atoms with Gasteiger partial charge >= 0.3 is 0 Å². The maximum Gasteiger partial charge on any atom is 0.127 e. The summed E-state index contributed by atoms with van der Waals surface area (Å²) in [5.41, 5.74) is 3.23. The molecule has 96 valence electrons. The summed E-state index contributed by atoms with van der Waals surface area (Å²) in [6.45, 7) is 0.890. The van der Waals surface area contributed by atoms with Crippen molar-refractivity contribution in [2.24, 2.45) is 5.84 Å². The van der Waals surface area contributed by atoms with Gasteiger partial charge in [0.05, 0.1) is 0 Å². The Morgan fingerprint density at radius 3 is 2.71 bits per heavy atom. The molecule has 0 aliphatic carbocycles. The van der Waals surface area contributed by atoms with Gasteiger partial charge in [0.25, 0.3) is 0 Å². The number of hydrogen-bond acceptors (Lipinski definition) is 3. The highest BCUT2D eigenvalue weighted by atomic mass is 35.5. The van der Waals surface area contributed by atoms with E-state index in [2.05, 4.69) is 10.3 Å². The van der Waals surface area contributed by atoms with Gasteiger partial charge in [0.2, 0.25) is 0 Å². The van der Waals surface area contributed by atoms with Crippen LogP contribution in [0.15, 0.2) is 18.2 Å². The number of nitrogens with zero attached hydrogens (tertiary/aromatic N) is 1. The minimum atomic E-state index is -0.275. The van der Waals surface area contributed by atoms with E-state index in [0.717, 1.165) is 13.0 Å². The summed E-state index contributed by atoms with van der Waals surface area (Å²) in [6.07, 6.45) is 1.34. The van der Waals surface area contributed by atoms with Crippen LogP contribution in [-0.4, -0.2) is 31.6 Å². The molecular weight excluding hydrogens is 241 g/mol. The zero-order valence-electron chi connectivity index (χ0n) is 10.2. The van der Waals surface area contributed by atoms with E-state index in [1.54, 1.807) is 12.1 Å². The molecule has 1 atom stereocenters. The number of benzene rings is 1. The Bertz CT molecular complexity index is 337. The number of hydrazine groups is 1. The molecule has 3 N–H and O–H groups in total. The third-order valence-corrected chi connectivity index (χ3v) is 3.03. The van der Waals surface area contributed by atoms with Crippen LogP contribution in [0.4, 0.5) is 4.39 Å². The van der Waals surface area contributed by atoms with E-state index in [9.17, 15) is 4.39 Å². The fraction of sp³-hybridized carbons (Fsp3) is 0.500. The Morgan fingerprint density at radius 2 is 2.18 bits per heavy atom. The third-order valence-electron chi connectivity index (χ3n) is 2.67. The standard InChI is InChI=1S/C12H19ClFN3/c1-17(2)7-6-9(16-15)8-10-11(13)4-3-5-12(10)14/h3-5,9,16H,6-8,15H2,1-2H3. The molecule has 0 amide bonds. The quantitative estimate of drug-likeness (QED) is 0.605. The molecule has 0 saturated carbocycles. The zero-order valence-corrected chi connectivity index (χ0v) is 11.0. The lowest BCUT2D eigenvalue weighted by Crippen LogP contribution is -2.39. The van der Waals surface area contributed by atoms with Crippen molar-refractivity contribution in [1.82, 2.24) is 10.3 Å². The summed E-state index contributed by atoms with van der Waals surface area (Å²) in [7, 11) is 3.98. The molecule has 0 spiro atoms. The fourth-order valence-electron chi connectivity index (χ4n) is 1.63. The zero-order chi connectivity index (χ0) is 12.8. The molecule has 1 rings (SSSR count). The number of nitrogens with one attached hydrogen (secondary N) is 1. The van der Waals surface area contributed by atoms with Crippen molar-refractivity contribution >= 4 is 11.6 Å². The summed E-state index contributed by atoms with van der Waals surface area (Å²) >= 11 is 5.97. The molecular formula is C12H19ClFN3. The maximum atomic E-state index is 13.6. The van der Waals surface area contributed by atoms with Crippen LogP contribution in [0.3, 0.4) is 0 Å². The van der Waals surface area contributed by atoms with Crippen molar-refractivity contribution in [1.29, 1.82) is 0 Å². The smallest absolute Gasteiger partial charge is 0.127 e. The van der Waals surface area contributed by atoms with Gasteiger partial charge in [0, 0.05) is 16.6 Å². The van der Waals surface area contributed by atoms with Crippen LogP contribution in [0.2, 0.25) is 5.02 Å². The van der Waals surface area contributed by atoms with Crippen molar-refractivity contribution in [3.05, 3.63) is 34.6 Å². The average molecular weight is 260 g/mol. The van der Waals surface area contributed by atoms with Crippen LogP contribution in [0.5, 0.6) is 0 Å². The predicted molar refractivity (Wildman–Crippen MR) is 69.4 cm³/mol. The van der Waals surface area contributed by atoms with Gasteiger partial charge in [0.15, 0.2) is 0 Å². The fourth-order valence-corrected chi connectivity index (χ4v) is 1.87. The Hall–Kier alpha value is -0.680. The largest absolute Gasteiger partial charge is 0.309 e. The van der Waals surface area contributed by atoms with Crippen LogP contribution in [-0.2, 0) is 6.42 Å². The highest BCUT2D eigenvalue weighted by Crippen LogP contribution is 2.21. The van der Waals surface area contributed by atoms with Crippen LogP contribution in [0.1, 0.15) is 12.0 Å². The molecule has 17 heavy (non-hydrogen) atoms. The highest BCUT2D eigenvalue weighted by molar-refractivity contribution is 6.31. The number of halogens is 2. The van der Waals surface area contributed by atoms with Gasteiger partial charge in [-0.1, -0.05) is 17.7 Å². The van der Waals surface area contributed by atoms with E-state index >= 15 is 0 Å². The minimum absolute atomic E-state index is 0.0202. The molecule has 0 aliphatic heterocycles. The SMILES string of the molecule is CN(C)CCC(Cc1c(F)cccc1Cl)NN. The summed E-state index contributed by atoms with van der Waals surface area (Å²) in [5.74, 6) is 5.20. The van der Waals surface area contributed by atoms with Crippen LogP contribution in [0.25, 0.3) is 0 Å². The number of rotatable bonds is 6. The van der Waals surface area contributed by atoms with Crippen molar-refractivity contribution in [3.8, 4) is 0 Å². The van der Waals surface area contributed by atoms with Crippen LogP contribution in [0, 0.1) is 5.82 Å². The van der Waals surface area contributed by atoms with E-state index in [-0.39, 0.29) is 11.9 Å². The lowest BCUT2D eigenvalue weighted by Gasteiger charge is -2.19. The van der Waals surface area contributed by atoms with Gasteiger partial charge in [-0.2, -0.15) is 0 Å². The molecule has 0 fully saturated rings. The number of nitrogens with two attached hydrogens (primary N) is 1. The molecule has 1 aromatic rings. The van der Waals surface area contributed by atoms with E-state index in [1.807, 2.05) is 14.1 Å². The summed E-state index contributed by atoms with van der Waals surface area (Å²) in [5, 5.41) is 0.454. The Kier molecular flexibility index (Phi) is 5.85. The monoisotopic (exact) mass is 259 g/mol. The topological polar surface area (TPSA) is 41.3 Å². The molecule has 0 radical (unpaired) electrons. The summed E-state index contributed by atoms with van der Waals surface area (Å²) in [6, 6.07) is 4.73. The predicted octanol–water partition coefficient (Wildman–Crippen LogP) is 1.81. The second kappa shape index (κ2) is 6.91. The van der Waals surface area contributed by atoms with E-state index in [1.165, 1.54) is 6.07 Å². The molecule has 0 heterocycles. The van der Waals surface area contributed by atoms with Crippen molar-refractivity contribution < 1.29 is 4.39 Å². The van der Waals surface area contributed by atoms with Gasteiger partial charge < -0.3 is 4.90 Å². The lowest BCUT2D eigenvalue weighted by atomic mass is 10.0. The van der Waals surface area contributed by atoms with Crippen molar-refractivity contribution in [2.45, 2.75) is 18.9 Å². The van der Waals surface area contributed by atoms with Gasteiger partial charge in [-0.25, -0.2) is 4.39 Å². The van der Waals surface area contributed by atoms with Gasteiger partial charge in [-0.3, -0.25) is 11.3 Å². The summed E-state index contributed by atoms with van der Waals surface area (Å²) < 4.78 is 13.6. The van der Waals surface area contributed by atoms with Crippen molar-refractivity contribution in [2.75, 3.05) is 20.6 Å². The van der Waals surface area contributed by atoms with E-state index in [0.29, 0.717) is 17.0 Å². The first-order valence-corrected chi connectivity index (χ1v) is 5.96. The average Bonchev–Trinajstić information content (AvgIpc) is 2.27. The number of hydrogen-bond donors (Lipinski definition) is 2. The van der Waals surface area contributed by atoms with Gasteiger partial charge in [-0.05, 0) is 45.6 Å². The molecule has 1 aromatic carbocycles.